The van der Waals surface area contributed by atoms with Gasteiger partial charge in [-0.3, -0.25) is 4.79 Å². The Labute approximate surface area is 156 Å². The second-order valence-electron chi connectivity index (χ2n) is 5.41. The van der Waals surface area contributed by atoms with Crippen LogP contribution in [0.15, 0.2) is 42.6 Å². The number of aromatic nitrogens is 2. The number of nitrogens with zero attached hydrogens (tertiary/aromatic N) is 2. The fourth-order valence-electron chi connectivity index (χ4n) is 2.11. The van der Waals surface area contributed by atoms with E-state index in [0.717, 1.165) is 15.2 Å². The van der Waals surface area contributed by atoms with Gasteiger partial charge in [0, 0.05) is 6.07 Å². The molecule has 0 unspecified atom stereocenters. The number of hydrogen-bond acceptors (Lipinski definition) is 6. The number of ether oxygens (including phenoxy) is 2. The number of hydrogen-bond donors (Lipinski definition) is 1. The number of halogens is 3. The maximum Gasteiger partial charge on any atom is 0.422 e. The smallest absolute Gasteiger partial charge is 0.422 e. The lowest BCUT2D eigenvalue weighted by Gasteiger charge is -2.09. The molecular weight excluding hydrogens is 383 g/mol. The van der Waals surface area contributed by atoms with Crippen LogP contribution in [0.1, 0.15) is 5.01 Å². The van der Waals surface area contributed by atoms with E-state index in [4.69, 9.17) is 4.74 Å². The van der Waals surface area contributed by atoms with Crippen LogP contribution >= 0.6 is 11.3 Å². The number of carbonyl (C=O) groups is 1. The average molecular weight is 397 g/mol. The molecule has 6 nitrogen and oxygen atoms in total. The Morgan fingerprint density at radius 1 is 1.19 bits per heavy atom. The summed E-state index contributed by atoms with van der Waals surface area (Å²) in [4.78, 5) is 20.0. The Balaban J connectivity index is 1.43. The summed E-state index contributed by atoms with van der Waals surface area (Å²) in [7, 11) is 0. The molecule has 0 aliphatic rings. The Morgan fingerprint density at radius 3 is 2.70 bits per heavy atom. The van der Waals surface area contributed by atoms with Crippen molar-refractivity contribution in [1.29, 1.82) is 0 Å². The summed E-state index contributed by atoms with van der Waals surface area (Å²) in [5.41, 5.74) is 1.20. The molecule has 0 aliphatic carbocycles. The predicted molar refractivity (Wildman–Crippen MR) is 93.7 cm³/mol. The number of nitrogens with one attached hydrogen (secondary N) is 1. The lowest BCUT2D eigenvalue weighted by molar-refractivity contribution is -0.154. The first-order chi connectivity index (χ1) is 12.9. The van der Waals surface area contributed by atoms with Gasteiger partial charge in [0.1, 0.15) is 11.6 Å². The average Bonchev–Trinajstić information content (AvgIpc) is 3.03. The fraction of sp³-hybridized carbons (Fsp3) is 0.235. The molecule has 1 aromatic carbocycles. The maximum atomic E-state index is 12.1. The van der Waals surface area contributed by atoms with E-state index >= 15 is 0 Å². The highest BCUT2D eigenvalue weighted by Crippen LogP contribution is 2.22. The number of alkyl halides is 3. The summed E-state index contributed by atoms with van der Waals surface area (Å²) in [6.45, 7) is -1.41. The highest BCUT2D eigenvalue weighted by Gasteiger charge is 2.28. The molecule has 2 heterocycles. The van der Waals surface area contributed by atoms with Gasteiger partial charge in [0.05, 0.1) is 28.7 Å². The standard InChI is InChI=1S/C17H14F3N3O3S/c18-17(19,20)10-26-15-6-5-11(7-21-15)22-14(24)8-25-9-16-23-12-3-1-2-4-13(12)27-16/h1-7H,8-10H2,(H,22,24). The van der Waals surface area contributed by atoms with Crippen LogP contribution in [0.5, 0.6) is 5.88 Å². The SMILES string of the molecule is O=C(COCc1nc2ccccc2s1)Nc1ccc(OCC(F)(F)F)nc1. The first-order valence-electron chi connectivity index (χ1n) is 7.77. The van der Waals surface area contributed by atoms with E-state index in [1.54, 1.807) is 0 Å². The molecule has 3 rings (SSSR count). The number of anilines is 1. The number of pyridine rings is 1. The summed E-state index contributed by atoms with van der Waals surface area (Å²) in [5, 5.41) is 3.29. The minimum absolute atomic E-state index is 0.183. The van der Waals surface area contributed by atoms with Crippen LogP contribution in [0.2, 0.25) is 0 Å². The molecule has 0 aliphatic heterocycles. The minimum atomic E-state index is -4.44. The molecule has 27 heavy (non-hydrogen) atoms. The van der Waals surface area contributed by atoms with Crippen LogP contribution in [0, 0.1) is 0 Å². The molecule has 0 bridgehead atoms. The van der Waals surface area contributed by atoms with Crippen molar-refractivity contribution in [2.45, 2.75) is 12.8 Å². The van der Waals surface area contributed by atoms with Gasteiger partial charge in [-0.1, -0.05) is 12.1 Å². The molecule has 3 aromatic rings. The number of amides is 1. The molecule has 0 saturated heterocycles. The summed E-state index contributed by atoms with van der Waals surface area (Å²) in [6.07, 6.45) is -3.23. The van der Waals surface area contributed by atoms with E-state index in [9.17, 15) is 18.0 Å². The summed E-state index contributed by atoms with van der Waals surface area (Å²) in [6, 6.07) is 10.3. The molecule has 0 fully saturated rings. The Bertz CT molecular complexity index is 880. The van der Waals surface area contributed by atoms with Crippen molar-refractivity contribution in [2.24, 2.45) is 0 Å². The molecular formula is C17H14F3N3O3S. The van der Waals surface area contributed by atoms with E-state index in [1.807, 2.05) is 24.3 Å². The van der Waals surface area contributed by atoms with Gasteiger partial charge in [0.15, 0.2) is 6.61 Å². The van der Waals surface area contributed by atoms with E-state index in [1.165, 1.54) is 29.7 Å². The van der Waals surface area contributed by atoms with Gasteiger partial charge >= 0.3 is 6.18 Å². The number of para-hydroxylation sites is 1. The summed E-state index contributed by atoms with van der Waals surface area (Å²) < 4.78 is 47.1. The van der Waals surface area contributed by atoms with Crippen molar-refractivity contribution in [3.63, 3.8) is 0 Å². The monoisotopic (exact) mass is 397 g/mol. The number of thiazole rings is 1. The number of benzene rings is 1. The van der Waals surface area contributed by atoms with Gasteiger partial charge in [0.2, 0.25) is 11.8 Å². The van der Waals surface area contributed by atoms with E-state index in [0.29, 0.717) is 5.69 Å². The minimum Gasteiger partial charge on any atom is -0.468 e. The third-order valence-corrected chi connectivity index (χ3v) is 4.21. The normalized spacial score (nSPS) is 11.5. The number of rotatable bonds is 7. The zero-order valence-corrected chi connectivity index (χ0v) is 14.6. The number of carbonyl (C=O) groups excluding carboxylic acids is 1. The highest BCUT2D eigenvalue weighted by atomic mass is 32.1. The fourth-order valence-corrected chi connectivity index (χ4v) is 3.01. The molecule has 0 spiro atoms. The van der Waals surface area contributed by atoms with Gasteiger partial charge in [-0.15, -0.1) is 11.3 Å². The van der Waals surface area contributed by atoms with Crippen molar-refractivity contribution in [3.8, 4) is 5.88 Å². The first-order valence-corrected chi connectivity index (χ1v) is 8.58. The quantitative estimate of drug-likeness (QED) is 0.657. The highest BCUT2D eigenvalue weighted by molar-refractivity contribution is 7.18. The van der Waals surface area contributed by atoms with Crippen LogP contribution in [0.3, 0.4) is 0 Å². The lowest BCUT2D eigenvalue weighted by Crippen LogP contribution is -2.20. The third kappa shape index (κ3) is 5.90. The summed E-state index contributed by atoms with van der Waals surface area (Å²) >= 11 is 1.49. The largest absolute Gasteiger partial charge is 0.468 e. The van der Waals surface area contributed by atoms with Gasteiger partial charge in [-0.2, -0.15) is 13.2 Å². The molecule has 2 aromatic heterocycles. The second kappa shape index (κ2) is 8.31. The molecule has 0 radical (unpaired) electrons. The van der Waals surface area contributed by atoms with Crippen molar-refractivity contribution >= 4 is 33.1 Å². The number of fused-ring (bicyclic) bond motifs is 1. The topological polar surface area (TPSA) is 73.3 Å². The van der Waals surface area contributed by atoms with Crippen molar-refractivity contribution in [3.05, 3.63) is 47.6 Å². The molecule has 10 heteroatoms. The van der Waals surface area contributed by atoms with E-state index in [2.05, 4.69) is 20.0 Å². The van der Waals surface area contributed by atoms with Crippen LogP contribution in [0.4, 0.5) is 18.9 Å². The Morgan fingerprint density at radius 2 is 2.00 bits per heavy atom. The Kier molecular flexibility index (Phi) is 5.87. The van der Waals surface area contributed by atoms with Gasteiger partial charge in [0.25, 0.3) is 0 Å². The van der Waals surface area contributed by atoms with E-state index < -0.39 is 18.7 Å². The Hall–Kier alpha value is -2.72. The van der Waals surface area contributed by atoms with Crippen molar-refractivity contribution < 1.29 is 27.4 Å². The first kappa shape index (κ1) is 19.1. The molecule has 142 valence electrons. The van der Waals surface area contributed by atoms with Gasteiger partial charge < -0.3 is 14.8 Å². The van der Waals surface area contributed by atoms with Crippen molar-refractivity contribution in [1.82, 2.24) is 9.97 Å². The summed E-state index contributed by atoms with van der Waals surface area (Å²) in [5.74, 6) is -0.598. The van der Waals surface area contributed by atoms with Gasteiger partial charge in [-0.25, -0.2) is 9.97 Å². The lowest BCUT2D eigenvalue weighted by atomic mass is 10.3. The second-order valence-corrected chi connectivity index (χ2v) is 6.52. The van der Waals surface area contributed by atoms with Gasteiger partial charge in [-0.05, 0) is 18.2 Å². The predicted octanol–water partition coefficient (Wildman–Crippen LogP) is 3.79. The van der Waals surface area contributed by atoms with E-state index in [-0.39, 0.29) is 19.1 Å². The molecule has 0 atom stereocenters. The molecule has 1 N–H and O–H groups in total. The molecule has 0 saturated carbocycles. The van der Waals surface area contributed by atoms with Crippen LogP contribution in [0.25, 0.3) is 10.2 Å². The zero-order valence-electron chi connectivity index (χ0n) is 13.8. The van der Waals surface area contributed by atoms with Crippen LogP contribution < -0.4 is 10.1 Å². The zero-order chi connectivity index (χ0) is 19.3. The third-order valence-electron chi connectivity index (χ3n) is 3.20. The maximum absolute atomic E-state index is 12.1. The van der Waals surface area contributed by atoms with Crippen molar-refractivity contribution in [2.75, 3.05) is 18.5 Å². The molecule has 1 amide bonds. The van der Waals surface area contributed by atoms with Crippen LogP contribution in [-0.4, -0.2) is 35.3 Å². The van der Waals surface area contributed by atoms with Crippen LogP contribution in [-0.2, 0) is 16.1 Å².